The highest BCUT2D eigenvalue weighted by atomic mass is 79.9. The maximum absolute atomic E-state index is 11.9. The van der Waals surface area contributed by atoms with E-state index in [4.69, 9.17) is 0 Å². The van der Waals surface area contributed by atoms with Gasteiger partial charge in [-0.15, -0.1) is 21.5 Å². The summed E-state index contributed by atoms with van der Waals surface area (Å²) in [6.07, 6.45) is 0. The van der Waals surface area contributed by atoms with Crippen molar-refractivity contribution in [3.63, 3.8) is 0 Å². The first kappa shape index (κ1) is 14.0. The fourth-order valence-electron chi connectivity index (χ4n) is 1.43. The van der Waals surface area contributed by atoms with Crippen molar-refractivity contribution in [2.24, 2.45) is 0 Å². The minimum absolute atomic E-state index is 0.222. The average Bonchev–Trinajstić information content (AvgIpc) is 2.83. The van der Waals surface area contributed by atoms with E-state index in [0.717, 1.165) is 15.2 Å². The molecule has 0 saturated carbocycles. The average molecular weight is 341 g/mol. The molecule has 0 atom stereocenters. The molecular weight excluding hydrogens is 328 g/mol. The Morgan fingerprint density at radius 3 is 2.74 bits per heavy atom. The van der Waals surface area contributed by atoms with Crippen LogP contribution in [0.2, 0.25) is 0 Å². The number of rotatable bonds is 5. The number of nitrogens with one attached hydrogen (secondary N) is 2. The number of halogens is 1. The van der Waals surface area contributed by atoms with Crippen LogP contribution in [0.4, 0.5) is 5.82 Å². The molecule has 7 heteroatoms. The fraction of sp³-hybridized carbons (Fsp3) is 0.250. The summed E-state index contributed by atoms with van der Waals surface area (Å²) in [5.74, 6) is 0.446. The molecule has 0 radical (unpaired) electrons. The molecule has 0 aromatic carbocycles. The Hall–Kier alpha value is -1.47. The van der Waals surface area contributed by atoms with Crippen molar-refractivity contribution in [3.8, 4) is 0 Å². The molecule has 100 valence electrons. The summed E-state index contributed by atoms with van der Waals surface area (Å²) in [6.45, 7) is 3.24. The summed E-state index contributed by atoms with van der Waals surface area (Å²) in [7, 11) is 0. The van der Waals surface area contributed by atoms with Gasteiger partial charge in [-0.3, -0.25) is 4.79 Å². The van der Waals surface area contributed by atoms with E-state index >= 15 is 0 Å². The van der Waals surface area contributed by atoms with Crippen molar-refractivity contribution >= 4 is 39.0 Å². The second-order valence-corrected chi connectivity index (χ2v) is 6.27. The Morgan fingerprint density at radius 2 is 2.16 bits per heavy atom. The van der Waals surface area contributed by atoms with E-state index in [0.29, 0.717) is 18.1 Å². The Kier molecular flexibility index (Phi) is 4.86. The number of carbonyl (C=O) groups is 1. The Balaban J connectivity index is 1.92. The summed E-state index contributed by atoms with van der Waals surface area (Å²) in [6, 6.07) is 7.32. The van der Waals surface area contributed by atoms with E-state index in [1.54, 1.807) is 23.5 Å². The first-order chi connectivity index (χ1) is 9.19. The van der Waals surface area contributed by atoms with Gasteiger partial charge in [-0.05, 0) is 47.1 Å². The van der Waals surface area contributed by atoms with Gasteiger partial charge >= 0.3 is 0 Å². The molecule has 0 aliphatic rings. The van der Waals surface area contributed by atoms with Gasteiger partial charge in [0.2, 0.25) is 0 Å². The second-order valence-electron chi connectivity index (χ2n) is 3.72. The zero-order valence-electron chi connectivity index (χ0n) is 10.3. The number of hydrogen-bond acceptors (Lipinski definition) is 5. The monoisotopic (exact) mass is 340 g/mol. The van der Waals surface area contributed by atoms with Crippen LogP contribution in [0.1, 0.15) is 22.3 Å². The van der Waals surface area contributed by atoms with Crippen molar-refractivity contribution in [2.75, 3.05) is 11.9 Å². The molecule has 2 rings (SSSR count). The van der Waals surface area contributed by atoms with Gasteiger partial charge in [0.25, 0.3) is 5.91 Å². The number of carbonyl (C=O) groups excluding carboxylic acids is 1. The summed E-state index contributed by atoms with van der Waals surface area (Å²) in [5, 5.41) is 13.6. The number of hydrogen-bond donors (Lipinski definition) is 2. The number of amides is 1. The van der Waals surface area contributed by atoms with Gasteiger partial charge in [-0.2, -0.15) is 0 Å². The topological polar surface area (TPSA) is 66.9 Å². The van der Waals surface area contributed by atoms with E-state index < -0.39 is 0 Å². The predicted molar refractivity (Wildman–Crippen MR) is 79.4 cm³/mol. The van der Waals surface area contributed by atoms with Gasteiger partial charge in [0.15, 0.2) is 5.69 Å². The Labute approximate surface area is 123 Å². The van der Waals surface area contributed by atoms with Gasteiger partial charge in [-0.1, -0.05) is 0 Å². The third-order valence-electron chi connectivity index (χ3n) is 2.31. The van der Waals surface area contributed by atoms with Crippen LogP contribution in [0.3, 0.4) is 0 Å². The lowest BCUT2D eigenvalue weighted by molar-refractivity contribution is 0.0945. The highest BCUT2D eigenvalue weighted by Crippen LogP contribution is 2.21. The van der Waals surface area contributed by atoms with Crippen molar-refractivity contribution in [1.29, 1.82) is 0 Å². The van der Waals surface area contributed by atoms with Gasteiger partial charge in [0.1, 0.15) is 5.82 Å². The number of aromatic nitrogens is 2. The first-order valence-corrected chi connectivity index (χ1v) is 7.40. The molecule has 1 amide bonds. The van der Waals surface area contributed by atoms with E-state index in [1.807, 2.05) is 19.1 Å². The third kappa shape index (κ3) is 4.00. The van der Waals surface area contributed by atoms with E-state index in [1.165, 1.54) is 0 Å². The lowest BCUT2D eigenvalue weighted by Gasteiger charge is -2.04. The predicted octanol–water partition coefficient (Wildman–Crippen LogP) is 2.66. The standard InChI is InChI=1S/C12H13BrN4OS/c1-2-14-11-6-4-9(16-17-11)12(18)15-7-8-3-5-10(13)19-8/h3-6H,2,7H2,1H3,(H,14,17)(H,15,18). The molecule has 5 nitrogen and oxygen atoms in total. The van der Waals surface area contributed by atoms with Gasteiger partial charge < -0.3 is 10.6 Å². The summed E-state index contributed by atoms with van der Waals surface area (Å²) < 4.78 is 1.05. The zero-order chi connectivity index (χ0) is 13.7. The molecular formula is C12H13BrN4OS. The largest absolute Gasteiger partial charge is 0.369 e. The van der Waals surface area contributed by atoms with Gasteiger partial charge in [0.05, 0.1) is 10.3 Å². The van der Waals surface area contributed by atoms with Crippen LogP contribution < -0.4 is 10.6 Å². The van der Waals surface area contributed by atoms with Crippen LogP contribution in [0.15, 0.2) is 28.1 Å². The molecule has 0 spiro atoms. The number of anilines is 1. The van der Waals surface area contributed by atoms with E-state index in [-0.39, 0.29) is 5.91 Å². The fourth-order valence-corrected chi connectivity index (χ4v) is 2.86. The summed E-state index contributed by atoms with van der Waals surface area (Å²) in [4.78, 5) is 12.9. The van der Waals surface area contributed by atoms with Crippen LogP contribution >= 0.6 is 27.3 Å². The normalized spacial score (nSPS) is 10.2. The van der Waals surface area contributed by atoms with Crippen LogP contribution in [0, 0.1) is 0 Å². The molecule has 2 aromatic rings. The maximum atomic E-state index is 11.9. The first-order valence-electron chi connectivity index (χ1n) is 5.79. The number of thiophene rings is 1. The van der Waals surface area contributed by atoms with E-state index in [2.05, 4.69) is 36.8 Å². The molecule has 0 aliphatic heterocycles. The maximum Gasteiger partial charge on any atom is 0.272 e. The van der Waals surface area contributed by atoms with Crippen molar-refractivity contribution in [3.05, 3.63) is 38.6 Å². The SMILES string of the molecule is CCNc1ccc(C(=O)NCc2ccc(Br)s2)nn1. The lowest BCUT2D eigenvalue weighted by atomic mass is 10.3. The molecule has 19 heavy (non-hydrogen) atoms. The summed E-state index contributed by atoms with van der Waals surface area (Å²) in [5.41, 5.74) is 0.317. The van der Waals surface area contributed by atoms with Gasteiger partial charge in [-0.25, -0.2) is 0 Å². The van der Waals surface area contributed by atoms with Crippen molar-refractivity contribution < 1.29 is 4.79 Å². The van der Waals surface area contributed by atoms with Crippen LogP contribution in [0.25, 0.3) is 0 Å². The second kappa shape index (κ2) is 6.63. The lowest BCUT2D eigenvalue weighted by Crippen LogP contribution is -2.23. The molecule has 2 aromatic heterocycles. The van der Waals surface area contributed by atoms with Crippen LogP contribution in [-0.2, 0) is 6.54 Å². The van der Waals surface area contributed by atoms with Crippen molar-refractivity contribution in [2.45, 2.75) is 13.5 Å². The smallest absolute Gasteiger partial charge is 0.272 e. The molecule has 0 unspecified atom stereocenters. The summed E-state index contributed by atoms with van der Waals surface area (Å²) >= 11 is 4.97. The Morgan fingerprint density at radius 1 is 1.32 bits per heavy atom. The molecule has 0 aliphatic carbocycles. The number of nitrogens with zero attached hydrogens (tertiary/aromatic N) is 2. The minimum atomic E-state index is -0.222. The van der Waals surface area contributed by atoms with Gasteiger partial charge in [0, 0.05) is 11.4 Å². The molecule has 0 fully saturated rings. The minimum Gasteiger partial charge on any atom is -0.369 e. The molecule has 0 saturated heterocycles. The molecule has 2 N–H and O–H groups in total. The van der Waals surface area contributed by atoms with E-state index in [9.17, 15) is 4.79 Å². The van der Waals surface area contributed by atoms with Crippen LogP contribution in [-0.4, -0.2) is 22.6 Å². The quantitative estimate of drug-likeness (QED) is 0.877. The Bertz CT molecular complexity index is 555. The van der Waals surface area contributed by atoms with Crippen LogP contribution in [0.5, 0.6) is 0 Å². The molecule has 0 bridgehead atoms. The molecule has 2 heterocycles. The highest BCUT2D eigenvalue weighted by Gasteiger charge is 2.08. The third-order valence-corrected chi connectivity index (χ3v) is 3.93. The zero-order valence-corrected chi connectivity index (χ0v) is 12.7. The van der Waals surface area contributed by atoms with Crippen molar-refractivity contribution in [1.82, 2.24) is 15.5 Å². The highest BCUT2D eigenvalue weighted by molar-refractivity contribution is 9.11.